The second-order valence-electron chi connectivity index (χ2n) is 5.71. The summed E-state index contributed by atoms with van der Waals surface area (Å²) in [6, 6.07) is 11.6. The van der Waals surface area contributed by atoms with Crippen molar-refractivity contribution >= 4 is 17.6 Å². The highest BCUT2D eigenvalue weighted by Crippen LogP contribution is 2.31. The van der Waals surface area contributed by atoms with Crippen molar-refractivity contribution in [3.05, 3.63) is 64.2 Å². The third-order valence-corrected chi connectivity index (χ3v) is 4.34. The Morgan fingerprint density at radius 3 is 2.67 bits per heavy atom. The minimum Gasteiger partial charge on any atom is -0.492 e. The third-order valence-electron chi connectivity index (χ3n) is 4.11. The van der Waals surface area contributed by atoms with Gasteiger partial charge in [-0.2, -0.15) is 0 Å². The van der Waals surface area contributed by atoms with Gasteiger partial charge in [0.1, 0.15) is 18.4 Å². The van der Waals surface area contributed by atoms with E-state index < -0.39 is 12.0 Å². The average Bonchev–Trinajstić information content (AvgIpc) is 2.77. The molecule has 0 saturated heterocycles. The smallest absolute Gasteiger partial charge is 0.325 e. The first kappa shape index (κ1) is 16.8. The van der Waals surface area contributed by atoms with Gasteiger partial charge in [-0.15, -0.1) is 0 Å². The zero-order valence-electron chi connectivity index (χ0n) is 13.0. The molecule has 0 aromatic heterocycles. The summed E-state index contributed by atoms with van der Waals surface area (Å²) >= 11 is 6.06. The monoisotopic (exact) mass is 347 g/mol. The Hall–Kier alpha value is -2.08. The second-order valence-corrected chi connectivity index (χ2v) is 6.15. The number of aliphatic hydroxyl groups is 1. The number of hydrogen-bond donors (Lipinski definition) is 2. The van der Waals surface area contributed by atoms with Crippen molar-refractivity contribution in [1.82, 2.24) is 4.90 Å². The van der Waals surface area contributed by atoms with Crippen LogP contribution in [-0.4, -0.2) is 34.2 Å². The fourth-order valence-electron chi connectivity index (χ4n) is 2.92. The van der Waals surface area contributed by atoms with Gasteiger partial charge < -0.3 is 14.9 Å². The minimum atomic E-state index is -0.919. The van der Waals surface area contributed by atoms with Gasteiger partial charge in [-0.3, -0.25) is 9.69 Å². The second kappa shape index (κ2) is 7.21. The standard InChI is InChI=1S/C18H18ClNO4/c19-15-5-6-16-14(9-15)10-20(7-8-24-16)17(18(22)23)13-3-1-12(11-21)2-4-13/h1-6,9,17,21H,7-8,10-11H2,(H,22,23). The van der Waals surface area contributed by atoms with E-state index >= 15 is 0 Å². The summed E-state index contributed by atoms with van der Waals surface area (Å²) in [5.74, 6) is -0.182. The Labute approximate surface area is 145 Å². The lowest BCUT2D eigenvalue weighted by Gasteiger charge is -2.27. The molecular weight excluding hydrogens is 330 g/mol. The zero-order chi connectivity index (χ0) is 17.1. The molecule has 5 nitrogen and oxygen atoms in total. The van der Waals surface area contributed by atoms with Crippen molar-refractivity contribution in [2.45, 2.75) is 19.2 Å². The van der Waals surface area contributed by atoms with Crippen LogP contribution in [0.1, 0.15) is 22.7 Å². The molecule has 1 unspecified atom stereocenters. The van der Waals surface area contributed by atoms with Crippen molar-refractivity contribution in [3.8, 4) is 5.75 Å². The van der Waals surface area contributed by atoms with Crippen molar-refractivity contribution in [2.75, 3.05) is 13.2 Å². The zero-order valence-corrected chi connectivity index (χ0v) is 13.7. The van der Waals surface area contributed by atoms with Crippen LogP contribution in [0.2, 0.25) is 5.02 Å². The number of nitrogens with zero attached hydrogens (tertiary/aromatic N) is 1. The number of halogens is 1. The molecular formula is C18H18ClNO4. The summed E-state index contributed by atoms with van der Waals surface area (Å²) in [5, 5.41) is 19.5. The Kier molecular flexibility index (Phi) is 5.04. The molecule has 24 heavy (non-hydrogen) atoms. The van der Waals surface area contributed by atoms with Gasteiger partial charge in [-0.1, -0.05) is 35.9 Å². The lowest BCUT2D eigenvalue weighted by atomic mass is 10.0. The number of rotatable bonds is 4. The molecule has 0 amide bonds. The SMILES string of the molecule is O=C(O)C(c1ccc(CO)cc1)N1CCOc2ccc(Cl)cc2C1. The number of hydrogen-bond acceptors (Lipinski definition) is 4. The number of carbonyl (C=O) groups is 1. The normalized spacial score (nSPS) is 15.9. The molecule has 2 aromatic carbocycles. The minimum absolute atomic E-state index is 0.0680. The lowest BCUT2D eigenvalue weighted by molar-refractivity contribution is -0.144. The molecule has 1 aliphatic heterocycles. The van der Waals surface area contributed by atoms with E-state index in [-0.39, 0.29) is 6.61 Å². The van der Waals surface area contributed by atoms with Crippen molar-refractivity contribution in [3.63, 3.8) is 0 Å². The number of carboxylic acids is 1. The van der Waals surface area contributed by atoms with Crippen molar-refractivity contribution < 1.29 is 19.7 Å². The Morgan fingerprint density at radius 2 is 2.00 bits per heavy atom. The summed E-state index contributed by atoms with van der Waals surface area (Å²) in [4.78, 5) is 13.7. The third kappa shape index (κ3) is 3.53. The van der Waals surface area contributed by atoms with E-state index in [1.54, 1.807) is 30.3 Å². The van der Waals surface area contributed by atoms with E-state index in [0.29, 0.717) is 30.3 Å². The van der Waals surface area contributed by atoms with Gasteiger partial charge in [-0.25, -0.2) is 0 Å². The summed E-state index contributed by atoms with van der Waals surface area (Å²) in [6.45, 7) is 1.27. The number of aliphatic carboxylic acids is 1. The predicted octanol–water partition coefficient (Wildman–Crippen LogP) is 2.85. The largest absolute Gasteiger partial charge is 0.492 e. The van der Waals surface area contributed by atoms with Gasteiger partial charge in [0, 0.05) is 23.7 Å². The number of benzene rings is 2. The fourth-order valence-corrected chi connectivity index (χ4v) is 3.11. The molecule has 0 fully saturated rings. The molecule has 3 rings (SSSR count). The molecule has 0 aliphatic carbocycles. The molecule has 0 radical (unpaired) electrons. The quantitative estimate of drug-likeness (QED) is 0.890. The molecule has 0 saturated carbocycles. The topological polar surface area (TPSA) is 70.0 Å². The number of carboxylic acid groups (broad SMARTS) is 1. The summed E-state index contributed by atoms with van der Waals surface area (Å²) in [6.07, 6.45) is 0. The van der Waals surface area contributed by atoms with Crippen LogP contribution < -0.4 is 4.74 Å². The average molecular weight is 348 g/mol. The van der Waals surface area contributed by atoms with Crippen LogP contribution in [0.15, 0.2) is 42.5 Å². The molecule has 2 N–H and O–H groups in total. The molecule has 1 heterocycles. The first-order chi connectivity index (χ1) is 11.6. The molecule has 0 spiro atoms. The molecule has 2 aromatic rings. The van der Waals surface area contributed by atoms with Crippen LogP contribution in [-0.2, 0) is 17.9 Å². The van der Waals surface area contributed by atoms with Crippen LogP contribution in [0.4, 0.5) is 0 Å². The van der Waals surface area contributed by atoms with Gasteiger partial charge in [0.25, 0.3) is 0 Å². The van der Waals surface area contributed by atoms with Crippen LogP contribution in [0.25, 0.3) is 0 Å². The van der Waals surface area contributed by atoms with Gasteiger partial charge in [0.05, 0.1) is 6.61 Å². The molecule has 126 valence electrons. The first-order valence-corrected chi connectivity index (χ1v) is 8.04. The number of ether oxygens (including phenoxy) is 1. The maximum atomic E-state index is 11.9. The fraction of sp³-hybridized carbons (Fsp3) is 0.278. The van der Waals surface area contributed by atoms with Crippen LogP contribution >= 0.6 is 11.6 Å². The van der Waals surface area contributed by atoms with Gasteiger partial charge in [0.15, 0.2) is 0 Å². The Morgan fingerprint density at radius 1 is 1.25 bits per heavy atom. The van der Waals surface area contributed by atoms with E-state index in [2.05, 4.69) is 0 Å². The molecule has 1 aliphatic rings. The van der Waals surface area contributed by atoms with Crippen LogP contribution in [0.5, 0.6) is 5.75 Å². The van der Waals surface area contributed by atoms with E-state index in [9.17, 15) is 9.90 Å². The summed E-state index contributed by atoms with van der Waals surface area (Å²) in [5.41, 5.74) is 2.29. The maximum absolute atomic E-state index is 11.9. The van der Waals surface area contributed by atoms with E-state index in [0.717, 1.165) is 16.9 Å². The van der Waals surface area contributed by atoms with Crippen LogP contribution in [0, 0.1) is 0 Å². The highest BCUT2D eigenvalue weighted by atomic mass is 35.5. The Bertz CT molecular complexity index is 732. The molecule has 6 heteroatoms. The maximum Gasteiger partial charge on any atom is 0.325 e. The first-order valence-electron chi connectivity index (χ1n) is 7.66. The highest BCUT2D eigenvalue weighted by molar-refractivity contribution is 6.30. The molecule has 0 bridgehead atoms. The number of fused-ring (bicyclic) bond motifs is 1. The van der Waals surface area contributed by atoms with Crippen LogP contribution in [0.3, 0.4) is 0 Å². The van der Waals surface area contributed by atoms with E-state index in [1.807, 2.05) is 17.0 Å². The van der Waals surface area contributed by atoms with E-state index in [4.69, 9.17) is 21.4 Å². The van der Waals surface area contributed by atoms with Gasteiger partial charge in [-0.05, 0) is 29.3 Å². The highest BCUT2D eigenvalue weighted by Gasteiger charge is 2.29. The van der Waals surface area contributed by atoms with Crippen molar-refractivity contribution in [2.24, 2.45) is 0 Å². The Balaban J connectivity index is 1.91. The summed E-state index contributed by atoms with van der Waals surface area (Å²) in [7, 11) is 0. The van der Waals surface area contributed by atoms with Crippen molar-refractivity contribution in [1.29, 1.82) is 0 Å². The van der Waals surface area contributed by atoms with Gasteiger partial charge >= 0.3 is 5.97 Å². The number of aliphatic hydroxyl groups excluding tert-OH is 1. The predicted molar refractivity (Wildman–Crippen MR) is 90.1 cm³/mol. The van der Waals surface area contributed by atoms with E-state index in [1.165, 1.54) is 0 Å². The molecule has 1 atom stereocenters. The summed E-state index contributed by atoms with van der Waals surface area (Å²) < 4.78 is 5.71. The van der Waals surface area contributed by atoms with Gasteiger partial charge in [0.2, 0.25) is 0 Å². The lowest BCUT2D eigenvalue weighted by Crippen LogP contribution is -2.35.